The minimum Gasteiger partial charge on any atom is -0.360 e. The van der Waals surface area contributed by atoms with Gasteiger partial charge in [-0.25, -0.2) is 0 Å². The van der Waals surface area contributed by atoms with Gasteiger partial charge in [0.15, 0.2) is 0 Å². The van der Waals surface area contributed by atoms with Crippen molar-refractivity contribution in [3.05, 3.63) is 108 Å². The summed E-state index contributed by atoms with van der Waals surface area (Å²) in [7, 11) is 0. The quantitative estimate of drug-likeness (QED) is 0.723. The Morgan fingerprint density at radius 3 is 2.88 bits per heavy atom. The van der Waals surface area contributed by atoms with Gasteiger partial charge in [-0.2, -0.15) is 0 Å². The van der Waals surface area contributed by atoms with Gasteiger partial charge in [0, 0.05) is 11.5 Å². The highest BCUT2D eigenvalue weighted by Crippen LogP contribution is 2.50. The summed E-state index contributed by atoms with van der Waals surface area (Å²) in [5.74, 6) is 0.394. The molecule has 2 aliphatic carbocycles. The molecule has 2 nitrogen and oxygen atoms in total. The van der Waals surface area contributed by atoms with Gasteiger partial charge in [-0.1, -0.05) is 78.9 Å². The molecule has 3 atom stereocenters. The van der Waals surface area contributed by atoms with E-state index in [9.17, 15) is 0 Å². The van der Waals surface area contributed by atoms with Crippen molar-refractivity contribution in [1.82, 2.24) is 10.2 Å². The lowest BCUT2D eigenvalue weighted by Gasteiger charge is -2.44. The Morgan fingerprint density at radius 2 is 1.88 bits per heavy atom. The van der Waals surface area contributed by atoms with Gasteiger partial charge in [0.1, 0.15) is 6.17 Å². The lowest BCUT2D eigenvalue weighted by Crippen LogP contribution is -2.44. The molecule has 1 N–H and O–H groups in total. The van der Waals surface area contributed by atoms with Crippen LogP contribution in [0, 0.1) is 0 Å². The maximum absolute atomic E-state index is 3.84. The maximum atomic E-state index is 3.84. The van der Waals surface area contributed by atoms with Crippen LogP contribution in [-0.2, 0) is 0 Å². The Morgan fingerprint density at radius 1 is 0.962 bits per heavy atom. The lowest BCUT2D eigenvalue weighted by molar-refractivity contribution is 0.204. The molecule has 1 saturated heterocycles. The average molecular weight is 336 g/mol. The monoisotopic (exact) mass is 336 g/mol. The highest BCUT2D eigenvalue weighted by atomic mass is 15.4. The van der Waals surface area contributed by atoms with E-state index < -0.39 is 0 Å². The first-order valence-electron chi connectivity index (χ1n) is 9.40. The van der Waals surface area contributed by atoms with E-state index in [0.717, 1.165) is 6.42 Å². The molecule has 2 aromatic carbocycles. The molecule has 0 aromatic heterocycles. The van der Waals surface area contributed by atoms with E-state index >= 15 is 0 Å². The van der Waals surface area contributed by atoms with Crippen LogP contribution in [0.25, 0.3) is 10.8 Å². The predicted molar refractivity (Wildman–Crippen MR) is 106 cm³/mol. The van der Waals surface area contributed by atoms with E-state index in [0.29, 0.717) is 12.0 Å². The van der Waals surface area contributed by atoms with Crippen LogP contribution in [0.2, 0.25) is 0 Å². The number of benzene rings is 2. The summed E-state index contributed by atoms with van der Waals surface area (Å²) < 4.78 is 0. The predicted octanol–water partition coefficient (Wildman–Crippen LogP) is 5.06. The van der Waals surface area contributed by atoms with E-state index in [1.54, 1.807) is 0 Å². The summed E-state index contributed by atoms with van der Waals surface area (Å²) in [6.07, 6.45) is 19.3. The summed E-state index contributed by atoms with van der Waals surface area (Å²) >= 11 is 0. The second kappa shape index (κ2) is 5.25. The molecule has 0 amide bonds. The molecule has 2 aliphatic heterocycles. The summed E-state index contributed by atoms with van der Waals surface area (Å²) in [6, 6.07) is 13.8. The van der Waals surface area contributed by atoms with Gasteiger partial charge in [-0.05, 0) is 28.8 Å². The van der Waals surface area contributed by atoms with Crippen molar-refractivity contribution in [3.8, 4) is 0 Å². The molecule has 126 valence electrons. The third kappa shape index (κ3) is 1.82. The van der Waals surface area contributed by atoms with Gasteiger partial charge in [-0.3, -0.25) is 0 Å². The number of nitrogens with zero attached hydrogens (tertiary/aromatic N) is 1. The molecule has 3 unspecified atom stereocenters. The summed E-state index contributed by atoms with van der Waals surface area (Å²) in [4.78, 5) is 2.58. The fourth-order valence-corrected chi connectivity index (χ4v) is 4.93. The smallest absolute Gasteiger partial charge is 0.127 e. The van der Waals surface area contributed by atoms with E-state index in [1.807, 2.05) is 0 Å². The van der Waals surface area contributed by atoms with E-state index in [2.05, 4.69) is 95.2 Å². The van der Waals surface area contributed by atoms with Crippen molar-refractivity contribution in [1.29, 1.82) is 0 Å². The molecule has 2 heterocycles. The first-order valence-corrected chi connectivity index (χ1v) is 9.40. The normalized spacial score (nSPS) is 27.7. The Hall–Kier alpha value is -3.00. The summed E-state index contributed by atoms with van der Waals surface area (Å²) in [6.45, 7) is 0. The van der Waals surface area contributed by atoms with Gasteiger partial charge in [0.2, 0.25) is 0 Å². The molecule has 26 heavy (non-hydrogen) atoms. The van der Waals surface area contributed by atoms with Gasteiger partial charge >= 0.3 is 0 Å². The standard InChI is InChI=1S/C24H20N2/c1-2-11-20-22(13-3-1)26-21-12-7-6-10-18(21)19-15-14-16-8-4-5-9-17(16)23(19)24(26)25-20/h1,3-15,18,21,24-25H,2H2. The third-order valence-electron chi connectivity index (χ3n) is 6.04. The third-order valence-corrected chi connectivity index (χ3v) is 6.04. The van der Waals surface area contributed by atoms with Crippen LogP contribution in [0.1, 0.15) is 29.6 Å². The number of hydrogen-bond donors (Lipinski definition) is 1. The van der Waals surface area contributed by atoms with E-state index in [-0.39, 0.29) is 6.17 Å². The average Bonchev–Trinajstić information content (AvgIpc) is 2.90. The van der Waals surface area contributed by atoms with Crippen molar-refractivity contribution in [3.63, 3.8) is 0 Å². The van der Waals surface area contributed by atoms with Crippen LogP contribution < -0.4 is 5.32 Å². The molecule has 0 saturated carbocycles. The number of fused-ring (bicyclic) bond motifs is 10. The van der Waals surface area contributed by atoms with Crippen LogP contribution in [0.3, 0.4) is 0 Å². The van der Waals surface area contributed by atoms with Crippen molar-refractivity contribution in [2.45, 2.75) is 24.5 Å². The highest BCUT2D eigenvalue weighted by molar-refractivity contribution is 5.88. The minimum atomic E-state index is 0.192. The Bertz CT molecular complexity index is 1070. The minimum absolute atomic E-state index is 0.192. The summed E-state index contributed by atoms with van der Waals surface area (Å²) in [5, 5.41) is 6.52. The Labute approximate surface area is 153 Å². The van der Waals surface area contributed by atoms with Gasteiger partial charge in [0.05, 0.1) is 17.4 Å². The van der Waals surface area contributed by atoms with Crippen LogP contribution in [-0.4, -0.2) is 10.9 Å². The Balaban J connectivity index is 1.66. The Kier molecular flexibility index (Phi) is 2.87. The zero-order valence-electron chi connectivity index (χ0n) is 14.5. The molecule has 0 radical (unpaired) electrons. The van der Waals surface area contributed by atoms with Crippen LogP contribution >= 0.6 is 0 Å². The largest absolute Gasteiger partial charge is 0.360 e. The number of hydrogen-bond acceptors (Lipinski definition) is 2. The van der Waals surface area contributed by atoms with Crippen LogP contribution in [0.5, 0.6) is 0 Å². The fourth-order valence-electron chi connectivity index (χ4n) is 4.93. The van der Waals surface area contributed by atoms with E-state index in [4.69, 9.17) is 0 Å². The molecular weight excluding hydrogens is 316 g/mol. The molecule has 0 bridgehead atoms. The molecular formula is C24H20N2. The highest BCUT2D eigenvalue weighted by Gasteiger charge is 2.45. The number of rotatable bonds is 0. The van der Waals surface area contributed by atoms with E-state index in [1.165, 1.54) is 33.3 Å². The molecule has 4 aliphatic rings. The van der Waals surface area contributed by atoms with Gasteiger partial charge < -0.3 is 10.2 Å². The zero-order chi connectivity index (χ0) is 17.1. The van der Waals surface area contributed by atoms with Crippen molar-refractivity contribution < 1.29 is 0 Å². The fraction of sp³-hybridized carbons (Fsp3) is 0.167. The summed E-state index contributed by atoms with van der Waals surface area (Å²) in [5.41, 5.74) is 5.47. The van der Waals surface area contributed by atoms with Crippen LogP contribution in [0.4, 0.5) is 0 Å². The second-order valence-electron chi connectivity index (χ2n) is 7.36. The lowest BCUT2D eigenvalue weighted by atomic mass is 9.78. The van der Waals surface area contributed by atoms with Crippen molar-refractivity contribution in [2.75, 3.05) is 0 Å². The first kappa shape index (κ1) is 14.2. The van der Waals surface area contributed by atoms with Crippen molar-refractivity contribution >= 4 is 10.8 Å². The van der Waals surface area contributed by atoms with Crippen LogP contribution in [0.15, 0.2) is 96.4 Å². The number of allylic oxidation sites excluding steroid dienone is 6. The van der Waals surface area contributed by atoms with Gasteiger partial charge in [-0.15, -0.1) is 0 Å². The molecule has 0 spiro atoms. The molecule has 2 aromatic rings. The topological polar surface area (TPSA) is 15.3 Å². The maximum Gasteiger partial charge on any atom is 0.127 e. The second-order valence-corrected chi connectivity index (χ2v) is 7.36. The molecule has 1 fully saturated rings. The number of nitrogens with one attached hydrogen (secondary N) is 1. The SMILES string of the molecule is C1=CCC=C2NC3c4c(ccc5ccccc45)C4C=CC=CC4N3C2=C1. The van der Waals surface area contributed by atoms with Gasteiger partial charge in [0.25, 0.3) is 0 Å². The zero-order valence-corrected chi connectivity index (χ0v) is 14.5. The first-order chi connectivity index (χ1) is 12.9. The van der Waals surface area contributed by atoms with Crippen molar-refractivity contribution in [2.24, 2.45) is 0 Å². The molecule has 2 heteroatoms. The molecule has 6 rings (SSSR count).